The van der Waals surface area contributed by atoms with Gasteiger partial charge in [-0.25, -0.2) is 0 Å². The average molecular weight is 513 g/mol. The van der Waals surface area contributed by atoms with E-state index in [0.29, 0.717) is 12.2 Å². The Bertz CT molecular complexity index is 1250. The van der Waals surface area contributed by atoms with Crippen LogP contribution in [0.3, 0.4) is 0 Å². The van der Waals surface area contributed by atoms with Crippen LogP contribution >= 0.6 is 23.2 Å². The van der Waals surface area contributed by atoms with E-state index >= 15 is 0 Å². The molecule has 0 unspecified atom stereocenters. The lowest BCUT2D eigenvalue weighted by atomic mass is 10.2. The summed E-state index contributed by atoms with van der Waals surface area (Å²) < 4.78 is 0. The maximum absolute atomic E-state index is 12.9. The Kier molecular flexibility index (Phi) is 7.38. The molecule has 1 atom stereocenters. The summed E-state index contributed by atoms with van der Waals surface area (Å²) in [5.74, 6) is -1.21. The molecule has 0 aliphatic carbocycles. The molecule has 1 aromatic heterocycles. The van der Waals surface area contributed by atoms with Crippen molar-refractivity contribution in [3.63, 3.8) is 0 Å². The second-order valence-electron chi connectivity index (χ2n) is 7.85. The molecule has 35 heavy (non-hydrogen) atoms. The summed E-state index contributed by atoms with van der Waals surface area (Å²) in [6, 6.07) is 12.1. The Morgan fingerprint density at radius 2 is 1.77 bits per heavy atom. The van der Waals surface area contributed by atoms with E-state index in [-0.39, 0.29) is 38.9 Å². The second-order valence-corrected chi connectivity index (χ2v) is 8.67. The Morgan fingerprint density at radius 3 is 2.46 bits per heavy atom. The molecule has 0 bridgehead atoms. The van der Waals surface area contributed by atoms with Gasteiger partial charge in [-0.3, -0.25) is 19.5 Å². The minimum absolute atomic E-state index is 0.104. The molecule has 0 radical (unpaired) electrons. The molecule has 2 aromatic carbocycles. The lowest BCUT2D eigenvalue weighted by molar-refractivity contribution is -0.111. The first-order valence-corrected chi connectivity index (χ1v) is 11.5. The normalized spacial score (nSPS) is 14.9. The van der Waals surface area contributed by atoms with Crippen LogP contribution in [0.25, 0.3) is 0 Å². The Hall–Kier alpha value is -3.82. The summed E-state index contributed by atoms with van der Waals surface area (Å²) in [6.45, 7) is 4.79. The van der Waals surface area contributed by atoms with Gasteiger partial charge in [0.25, 0.3) is 11.8 Å². The first-order chi connectivity index (χ1) is 16.9. The van der Waals surface area contributed by atoms with Gasteiger partial charge in [-0.15, -0.1) is 0 Å². The standard InChI is InChI=1S/C24H22Cl2N6O3/c1-2-20(33)28-14-6-8-16(9-7-14)32-11-10-15(13-32)29-24(35)22-19(12-27-31-22)30-23(34)21-17(25)4-3-5-18(21)26/h2-9,12,15H,1,10-11,13H2,(H,27,31)(H,28,33)(H,29,35)(H,30,34)/t15-/m0/s1. The summed E-state index contributed by atoms with van der Waals surface area (Å²) in [7, 11) is 0. The van der Waals surface area contributed by atoms with Crippen molar-refractivity contribution < 1.29 is 14.4 Å². The van der Waals surface area contributed by atoms with Gasteiger partial charge in [0.2, 0.25) is 5.91 Å². The fraction of sp³-hybridized carbons (Fsp3) is 0.167. The van der Waals surface area contributed by atoms with E-state index < -0.39 is 11.8 Å². The van der Waals surface area contributed by atoms with Crippen LogP contribution < -0.4 is 20.9 Å². The highest BCUT2D eigenvalue weighted by Gasteiger charge is 2.26. The monoisotopic (exact) mass is 512 g/mol. The molecular formula is C24H22Cl2N6O3. The summed E-state index contributed by atoms with van der Waals surface area (Å²) in [5.41, 5.74) is 2.11. The molecule has 11 heteroatoms. The predicted octanol–water partition coefficient (Wildman–Crippen LogP) is 4.10. The Morgan fingerprint density at radius 1 is 1.06 bits per heavy atom. The van der Waals surface area contributed by atoms with Crippen molar-refractivity contribution >= 4 is 58.0 Å². The Labute approximate surface area is 211 Å². The predicted molar refractivity (Wildman–Crippen MR) is 136 cm³/mol. The van der Waals surface area contributed by atoms with Crippen molar-refractivity contribution in [3.05, 3.63) is 82.6 Å². The van der Waals surface area contributed by atoms with Crippen LogP contribution in [-0.2, 0) is 4.79 Å². The molecule has 180 valence electrons. The molecule has 9 nitrogen and oxygen atoms in total. The van der Waals surface area contributed by atoms with Crippen LogP contribution in [0.4, 0.5) is 17.1 Å². The van der Waals surface area contributed by atoms with Gasteiger partial charge in [0, 0.05) is 30.5 Å². The minimum atomic E-state index is -0.546. The van der Waals surface area contributed by atoms with Crippen LogP contribution in [0.1, 0.15) is 27.3 Å². The third-order valence-electron chi connectivity index (χ3n) is 5.51. The number of nitrogens with zero attached hydrogens (tertiary/aromatic N) is 2. The minimum Gasteiger partial charge on any atom is -0.369 e. The quantitative estimate of drug-likeness (QED) is 0.355. The number of benzene rings is 2. The number of hydrogen-bond donors (Lipinski definition) is 4. The van der Waals surface area contributed by atoms with Gasteiger partial charge >= 0.3 is 0 Å². The molecule has 2 heterocycles. The first kappa shape index (κ1) is 24.3. The van der Waals surface area contributed by atoms with Crippen LogP contribution in [0.5, 0.6) is 0 Å². The number of halogens is 2. The van der Waals surface area contributed by atoms with Crippen LogP contribution in [0.2, 0.25) is 10.0 Å². The maximum atomic E-state index is 12.9. The van der Waals surface area contributed by atoms with Gasteiger partial charge in [-0.1, -0.05) is 35.8 Å². The number of rotatable bonds is 7. The summed E-state index contributed by atoms with van der Waals surface area (Å²) in [6.07, 6.45) is 3.31. The van der Waals surface area contributed by atoms with Crippen molar-refractivity contribution in [2.75, 3.05) is 28.6 Å². The number of aromatic amines is 1. The fourth-order valence-corrected chi connectivity index (χ4v) is 4.34. The van der Waals surface area contributed by atoms with Crippen LogP contribution in [-0.4, -0.2) is 47.1 Å². The molecule has 1 fully saturated rings. The van der Waals surface area contributed by atoms with Gasteiger partial charge in [0.15, 0.2) is 0 Å². The van der Waals surface area contributed by atoms with Crippen molar-refractivity contribution in [3.8, 4) is 0 Å². The maximum Gasteiger partial charge on any atom is 0.271 e. The third-order valence-corrected chi connectivity index (χ3v) is 6.14. The van der Waals surface area contributed by atoms with E-state index in [1.165, 1.54) is 12.3 Å². The lowest BCUT2D eigenvalue weighted by Crippen LogP contribution is -2.37. The van der Waals surface area contributed by atoms with Crippen LogP contribution in [0, 0.1) is 0 Å². The average Bonchev–Trinajstić information content (AvgIpc) is 3.49. The number of hydrogen-bond acceptors (Lipinski definition) is 5. The van der Waals surface area contributed by atoms with Crippen molar-refractivity contribution in [2.24, 2.45) is 0 Å². The van der Waals surface area contributed by atoms with Crippen molar-refractivity contribution in [1.82, 2.24) is 15.5 Å². The Balaban J connectivity index is 1.37. The number of anilines is 3. The highest BCUT2D eigenvalue weighted by atomic mass is 35.5. The molecule has 1 saturated heterocycles. The van der Waals surface area contributed by atoms with Crippen molar-refractivity contribution in [1.29, 1.82) is 0 Å². The number of nitrogens with one attached hydrogen (secondary N) is 4. The molecule has 1 aliphatic rings. The van der Waals surface area contributed by atoms with Gasteiger partial charge in [-0.05, 0) is 48.9 Å². The third kappa shape index (κ3) is 5.64. The summed E-state index contributed by atoms with van der Waals surface area (Å²) >= 11 is 12.2. The number of carbonyl (C=O) groups is 3. The number of amides is 3. The zero-order valence-electron chi connectivity index (χ0n) is 18.5. The number of carbonyl (C=O) groups excluding carboxylic acids is 3. The SMILES string of the molecule is C=CC(=O)Nc1ccc(N2CC[C@H](NC(=O)c3[nH]ncc3NC(=O)c3c(Cl)cccc3Cl)C2)cc1. The molecule has 4 N–H and O–H groups in total. The molecule has 0 saturated carbocycles. The summed E-state index contributed by atoms with van der Waals surface area (Å²) in [4.78, 5) is 39.2. The highest BCUT2D eigenvalue weighted by molar-refractivity contribution is 6.40. The molecule has 0 spiro atoms. The topological polar surface area (TPSA) is 119 Å². The van der Waals surface area contributed by atoms with Crippen LogP contribution in [0.15, 0.2) is 61.3 Å². The fourth-order valence-electron chi connectivity index (χ4n) is 3.77. The van der Waals surface area contributed by atoms with E-state index in [1.807, 2.05) is 24.3 Å². The van der Waals surface area contributed by atoms with E-state index in [4.69, 9.17) is 23.2 Å². The summed E-state index contributed by atoms with van der Waals surface area (Å²) in [5, 5.41) is 15.3. The largest absolute Gasteiger partial charge is 0.369 e. The van der Waals surface area contributed by atoms with Gasteiger partial charge in [-0.2, -0.15) is 5.10 Å². The van der Waals surface area contributed by atoms with Gasteiger partial charge in [0.1, 0.15) is 5.69 Å². The van der Waals surface area contributed by atoms with E-state index in [2.05, 4.69) is 37.6 Å². The van der Waals surface area contributed by atoms with E-state index in [9.17, 15) is 14.4 Å². The molecule has 1 aliphatic heterocycles. The second kappa shape index (κ2) is 10.6. The number of aromatic nitrogens is 2. The van der Waals surface area contributed by atoms with Gasteiger partial charge in [0.05, 0.1) is 27.5 Å². The zero-order chi connectivity index (χ0) is 24.9. The molecule has 3 aromatic rings. The number of H-pyrrole nitrogens is 1. The highest BCUT2D eigenvalue weighted by Crippen LogP contribution is 2.26. The zero-order valence-corrected chi connectivity index (χ0v) is 20.0. The lowest BCUT2D eigenvalue weighted by Gasteiger charge is -2.19. The molecule has 4 rings (SSSR count). The van der Waals surface area contributed by atoms with Gasteiger partial charge < -0.3 is 20.9 Å². The van der Waals surface area contributed by atoms with E-state index in [0.717, 1.165) is 18.7 Å². The molecule has 3 amide bonds. The molecular weight excluding hydrogens is 491 g/mol. The first-order valence-electron chi connectivity index (χ1n) is 10.7. The smallest absolute Gasteiger partial charge is 0.271 e. The van der Waals surface area contributed by atoms with Crippen molar-refractivity contribution in [2.45, 2.75) is 12.5 Å². The van der Waals surface area contributed by atoms with E-state index in [1.54, 1.807) is 18.2 Å².